The van der Waals surface area contributed by atoms with E-state index in [0.717, 1.165) is 67.6 Å². The molecule has 2 saturated heterocycles. The highest BCUT2D eigenvalue weighted by molar-refractivity contribution is 5.67. The molecule has 2 nitrogen and oxygen atoms in total. The van der Waals surface area contributed by atoms with Crippen LogP contribution < -0.4 is 5.32 Å². The van der Waals surface area contributed by atoms with Crippen LogP contribution in [0.3, 0.4) is 0 Å². The van der Waals surface area contributed by atoms with Crippen molar-refractivity contribution in [2.24, 2.45) is 0 Å². The number of halogens is 2. The maximum absolute atomic E-state index is 14.9. The van der Waals surface area contributed by atoms with Crippen molar-refractivity contribution in [3.05, 3.63) is 58.7 Å². The van der Waals surface area contributed by atoms with Gasteiger partial charge >= 0.3 is 0 Å². The first-order valence-electron chi connectivity index (χ1n) is 11.8. The van der Waals surface area contributed by atoms with Crippen LogP contribution in [-0.4, -0.2) is 36.7 Å². The third kappa shape index (κ3) is 3.80. The van der Waals surface area contributed by atoms with Crippen molar-refractivity contribution in [3.8, 4) is 11.1 Å². The Morgan fingerprint density at radius 1 is 0.867 bits per heavy atom. The average Bonchev–Trinajstić information content (AvgIpc) is 3.25. The van der Waals surface area contributed by atoms with Gasteiger partial charge in [0.1, 0.15) is 6.54 Å². The molecule has 0 radical (unpaired) electrons. The molecule has 0 atom stereocenters. The molecule has 160 valence electrons. The summed E-state index contributed by atoms with van der Waals surface area (Å²) in [4.78, 5) is 0. The molecule has 4 heteroatoms. The highest BCUT2D eigenvalue weighted by Gasteiger charge is 2.39. The van der Waals surface area contributed by atoms with E-state index in [1.807, 2.05) is 12.1 Å². The molecule has 2 fully saturated rings. The van der Waals surface area contributed by atoms with Crippen LogP contribution in [0.1, 0.15) is 55.2 Å². The molecule has 0 aromatic heterocycles. The molecule has 0 saturated carbocycles. The number of likely N-dealkylation sites (tertiary alicyclic amines) is 1. The Bertz CT molecular complexity index is 911. The van der Waals surface area contributed by atoms with Gasteiger partial charge in [-0.25, -0.2) is 8.78 Å². The van der Waals surface area contributed by atoms with Crippen molar-refractivity contribution in [1.29, 1.82) is 0 Å². The summed E-state index contributed by atoms with van der Waals surface area (Å²) >= 11 is 0. The van der Waals surface area contributed by atoms with E-state index < -0.39 is 11.6 Å². The average molecular weight is 412 g/mol. The quantitative estimate of drug-likeness (QED) is 0.667. The van der Waals surface area contributed by atoms with Gasteiger partial charge in [0.2, 0.25) is 0 Å². The molecule has 5 rings (SSSR count). The van der Waals surface area contributed by atoms with Crippen molar-refractivity contribution in [2.75, 3.05) is 26.2 Å². The first-order valence-corrected chi connectivity index (χ1v) is 11.8. The van der Waals surface area contributed by atoms with E-state index >= 15 is 0 Å². The smallest absolute Gasteiger partial charge is 0.166 e. The minimum absolute atomic E-state index is 0.431. The third-order valence-corrected chi connectivity index (χ3v) is 7.79. The number of rotatable bonds is 4. The van der Waals surface area contributed by atoms with Gasteiger partial charge in [-0.2, -0.15) is 0 Å². The Hall–Kier alpha value is -1.78. The number of benzene rings is 2. The maximum Gasteiger partial charge on any atom is 0.166 e. The van der Waals surface area contributed by atoms with Crippen LogP contribution in [0.15, 0.2) is 30.3 Å². The third-order valence-electron chi connectivity index (χ3n) is 7.79. The fraction of sp³-hybridized carbons (Fsp3) is 0.538. The van der Waals surface area contributed by atoms with Gasteiger partial charge in [-0.1, -0.05) is 18.2 Å². The summed E-state index contributed by atoms with van der Waals surface area (Å²) in [6.45, 7) is 5.29. The predicted molar refractivity (Wildman–Crippen MR) is 117 cm³/mol. The Labute approximate surface area is 178 Å². The van der Waals surface area contributed by atoms with Gasteiger partial charge in [-0.3, -0.25) is 0 Å². The van der Waals surface area contributed by atoms with Gasteiger partial charge in [0.25, 0.3) is 0 Å². The van der Waals surface area contributed by atoms with Crippen LogP contribution >= 0.6 is 0 Å². The molecule has 2 aromatic carbocycles. The van der Waals surface area contributed by atoms with Crippen LogP contribution in [0.2, 0.25) is 0 Å². The van der Waals surface area contributed by atoms with Crippen LogP contribution in [0, 0.1) is 11.6 Å². The number of quaternary nitrogens is 1. The second kappa shape index (κ2) is 8.39. The Kier molecular flexibility index (Phi) is 5.63. The summed E-state index contributed by atoms with van der Waals surface area (Å²) in [5, 5.41) is 3.48. The van der Waals surface area contributed by atoms with E-state index in [0.29, 0.717) is 11.6 Å². The predicted octanol–water partition coefficient (Wildman–Crippen LogP) is 5.37. The summed E-state index contributed by atoms with van der Waals surface area (Å²) < 4.78 is 30.6. The molecule has 0 unspecified atom stereocenters. The number of nitrogens with one attached hydrogen (secondary N) is 1. The van der Waals surface area contributed by atoms with Gasteiger partial charge in [-0.05, 0) is 67.3 Å². The number of aryl methyl sites for hydroxylation is 2. The number of hydrogen-bond acceptors (Lipinski definition) is 1. The lowest BCUT2D eigenvalue weighted by Crippen LogP contribution is -2.59. The highest BCUT2D eigenvalue weighted by atomic mass is 19.2. The fourth-order valence-electron chi connectivity index (χ4n) is 6.20. The molecule has 2 aliphatic heterocycles. The number of hydrogen-bond donors (Lipinski definition) is 1. The van der Waals surface area contributed by atoms with E-state index in [-0.39, 0.29) is 0 Å². The van der Waals surface area contributed by atoms with Crippen LogP contribution in [0.5, 0.6) is 0 Å². The molecule has 2 heterocycles. The lowest BCUT2D eigenvalue weighted by Gasteiger charge is -2.49. The second-order valence-corrected chi connectivity index (χ2v) is 9.64. The van der Waals surface area contributed by atoms with Crippen molar-refractivity contribution in [2.45, 2.75) is 64.0 Å². The Balaban J connectivity index is 1.49. The van der Waals surface area contributed by atoms with Gasteiger partial charge < -0.3 is 9.80 Å². The van der Waals surface area contributed by atoms with Crippen molar-refractivity contribution < 1.29 is 13.3 Å². The Morgan fingerprint density at radius 2 is 1.63 bits per heavy atom. The van der Waals surface area contributed by atoms with Gasteiger partial charge in [0.15, 0.2) is 11.6 Å². The SMILES string of the molecule is Fc1cc(C[N+]2(C3CCNCC3)CCCCC2)cc(-c2ccc3c(c2)CCC3)c1F. The Morgan fingerprint density at radius 3 is 2.43 bits per heavy atom. The van der Waals surface area contributed by atoms with E-state index in [1.165, 1.54) is 49.3 Å². The fourth-order valence-corrected chi connectivity index (χ4v) is 6.20. The van der Waals surface area contributed by atoms with E-state index in [4.69, 9.17) is 0 Å². The first-order chi connectivity index (χ1) is 14.6. The van der Waals surface area contributed by atoms with Gasteiger partial charge in [-0.15, -0.1) is 0 Å². The standard InChI is InChI=1S/C26H33F2N2/c27-25-16-19(18-30(13-2-1-3-14-30)23-9-11-29-12-10-23)15-24(26(25)28)22-8-7-20-5-4-6-21(20)17-22/h7-8,15-17,23,29H,1-6,9-14,18H2/q+1. The summed E-state index contributed by atoms with van der Waals surface area (Å²) in [5.41, 5.74) is 4.86. The van der Waals surface area contributed by atoms with Gasteiger partial charge in [0, 0.05) is 37.1 Å². The van der Waals surface area contributed by atoms with E-state index in [9.17, 15) is 8.78 Å². The molecule has 0 bridgehead atoms. The molecule has 1 N–H and O–H groups in total. The summed E-state index contributed by atoms with van der Waals surface area (Å²) in [7, 11) is 0. The highest BCUT2D eigenvalue weighted by Crippen LogP contribution is 2.34. The first kappa shape index (κ1) is 20.1. The second-order valence-electron chi connectivity index (χ2n) is 9.64. The number of nitrogens with zero attached hydrogens (tertiary/aromatic N) is 1. The number of piperidine rings is 2. The zero-order valence-corrected chi connectivity index (χ0v) is 17.9. The van der Waals surface area contributed by atoms with Crippen molar-refractivity contribution in [3.63, 3.8) is 0 Å². The zero-order chi connectivity index (χ0) is 20.6. The number of fused-ring (bicyclic) bond motifs is 1. The van der Waals surface area contributed by atoms with Gasteiger partial charge in [0.05, 0.1) is 19.1 Å². The lowest BCUT2D eigenvalue weighted by atomic mass is 9.93. The van der Waals surface area contributed by atoms with E-state index in [2.05, 4.69) is 17.4 Å². The van der Waals surface area contributed by atoms with Crippen LogP contribution in [-0.2, 0) is 19.4 Å². The molecule has 1 aliphatic carbocycles. The summed E-state index contributed by atoms with van der Waals surface area (Å²) in [6.07, 6.45) is 9.44. The largest absolute Gasteiger partial charge is 0.317 e. The van der Waals surface area contributed by atoms with Crippen molar-refractivity contribution >= 4 is 0 Å². The van der Waals surface area contributed by atoms with Crippen LogP contribution in [0.25, 0.3) is 11.1 Å². The minimum Gasteiger partial charge on any atom is -0.317 e. The zero-order valence-electron chi connectivity index (χ0n) is 17.9. The summed E-state index contributed by atoms with van der Waals surface area (Å²) in [5.74, 6) is -1.41. The molecule has 2 aromatic rings. The molecule has 3 aliphatic rings. The van der Waals surface area contributed by atoms with Crippen molar-refractivity contribution in [1.82, 2.24) is 5.32 Å². The maximum atomic E-state index is 14.9. The minimum atomic E-state index is -0.705. The van der Waals surface area contributed by atoms with Crippen LogP contribution in [0.4, 0.5) is 8.78 Å². The molecule has 30 heavy (non-hydrogen) atoms. The molecular formula is C26H33F2N2+. The van der Waals surface area contributed by atoms with E-state index in [1.54, 1.807) is 0 Å². The molecule has 0 amide bonds. The topological polar surface area (TPSA) is 12.0 Å². The normalized spacial score (nSPS) is 21.5. The molecular weight excluding hydrogens is 378 g/mol. The monoisotopic (exact) mass is 411 g/mol. The summed E-state index contributed by atoms with van der Waals surface area (Å²) in [6, 6.07) is 10.2. The molecule has 0 spiro atoms. The lowest BCUT2D eigenvalue weighted by molar-refractivity contribution is -0.968.